The standard InChI is InChI=1S/C21H23N3O3S/c1-3-24-19(25)14-18(20(26)22-15-8-6-5-7-9-15)28-21(24)23-16-10-12-17(13-11-16)27-4-2/h5-13,18H,3-4,14H2,1-2H3,(H,22,26). The van der Waals surface area contributed by atoms with E-state index in [4.69, 9.17) is 4.74 Å². The van der Waals surface area contributed by atoms with E-state index in [2.05, 4.69) is 10.3 Å². The Bertz CT molecular complexity index is 853. The van der Waals surface area contributed by atoms with E-state index in [1.54, 1.807) is 4.90 Å². The zero-order chi connectivity index (χ0) is 19.9. The molecule has 7 heteroatoms. The molecule has 0 spiro atoms. The van der Waals surface area contributed by atoms with E-state index >= 15 is 0 Å². The minimum atomic E-state index is -0.517. The summed E-state index contributed by atoms with van der Waals surface area (Å²) >= 11 is 1.32. The Labute approximate surface area is 169 Å². The first-order valence-corrected chi connectivity index (χ1v) is 10.1. The predicted molar refractivity (Wildman–Crippen MR) is 113 cm³/mol. The van der Waals surface area contributed by atoms with Crippen LogP contribution in [0.5, 0.6) is 5.75 Å². The summed E-state index contributed by atoms with van der Waals surface area (Å²) in [4.78, 5) is 31.4. The topological polar surface area (TPSA) is 71.0 Å². The second kappa shape index (κ2) is 9.41. The Hall–Kier alpha value is -2.80. The maximum Gasteiger partial charge on any atom is 0.238 e. The van der Waals surface area contributed by atoms with Crippen molar-refractivity contribution in [2.75, 3.05) is 18.5 Å². The third-order valence-corrected chi connectivity index (χ3v) is 5.35. The van der Waals surface area contributed by atoms with E-state index in [0.717, 1.165) is 5.75 Å². The monoisotopic (exact) mass is 397 g/mol. The molecule has 1 aliphatic heterocycles. The van der Waals surface area contributed by atoms with Gasteiger partial charge in [0, 0.05) is 18.7 Å². The molecule has 0 radical (unpaired) electrons. The molecular formula is C21H23N3O3S. The van der Waals surface area contributed by atoms with Crippen LogP contribution in [0.2, 0.25) is 0 Å². The van der Waals surface area contributed by atoms with Gasteiger partial charge in [-0.2, -0.15) is 0 Å². The van der Waals surface area contributed by atoms with Crippen LogP contribution in [0, 0.1) is 0 Å². The zero-order valence-electron chi connectivity index (χ0n) is 15.9. The molecule has 146 valence electrons. The fourth-order valence-corrected chi connectivity index (χ4v) is 3.95. The smallest absolute Gasteiger partial charge is 0.238 e. The molecule has 1 N–H and O–H groups in total. The fourth-order valence-electron chi connectivity index (χ4n) is 2.79. The molecule has 0 bridgehead atoms. The molecule has 1 saturated heterocycles. The first-order chi connectivity index (χ1) is 13.6. The van der Waals surface area contributed by atoms with Crippen LogP contribution in [0.4, 0.5) is 11.4 Å². The van der Waals surface area contributed by atoms with Crippen LogP contribution in [0.3, 0.4) is 0 Å². The number of thioether (sulfide) groups is 1. The van der Waals surface area contributed by atoms with Gasteiger partial charge in [0.05, 0.1) is 12.3 Å². The van der Waals surface area contributed by atoms with Gasteiger partial charge in [-0.05, 0) is 50.2 Å². The van der Waals surface area contributed by atoms with Crippen molar-refractivity contribution in [3.63, 3.8) is 0 Å². The highest BCUT2D eigenvalue weighted by Crippen LogP contribution is 2.30. The molecule has 1 atom stereocenters. The summed E-state index contributed by atoms with van der Waals surface area (Å²) < 4.78 is 5.44. The molecule has 1 fully saturated rings. The summed E-state index contributed by atoms with van der Waals surface area (Å²) in [6.07, 6.45) is 0.152. The Morgan fingerprint density at radius 2 is 1.89 bits per heavy atom. The van der Waals surface area contributed by atoms with Crippen molar-refractivity contribution in [1.82, 2.24) is 4.90 Å². The van der Waals surface area contributed by atoms with Crippen LogP contribution in [0.1, 0.15) is 20.3 Å². The summed E-state index contributed by atoms with van der Waals surface area (Å²) in [7, 11) is 0. The maximum absolute atomic E-state index is 12.6. The summed E-state index contributed by atoms with van der Waals surface area (Å²) in [5.74, 6) is 0.477. The number of ether oxygens (including phenoxy) is 1. The van der Waals surface area contributed by atoms with Crippen LogP contribution in [-0.4, -0.2) is 40.3 Å². The number of carbonyl (C=O) groups is 2. The highest BCUT2D eigenvalue weighted by Gasteiger charge is 2.35. The van der Waals surface area contributed by atoms with Crippen molar-refractivity contribution in [2.24, 2.45) is 4.99 Å². The molecule has 0 saturated carbocycles. The van der Waals surface area contributed by atoms with Gasteiger partial charge in [-0.3, -0.25) is 14.5 Å². The van der Waals surface area contributed by atoms with Crippen molar-refractivity contribution in [2.45, 2.75) is 25.5 Å². The summed E-state index contributed by atoms with van der Waals surface area (Å²) in [5, 5.41) is 2.89. The van der Waals surface area contributed by atoms with Gasteiger partial charge < -0.3 is 10.1 Å². The number of rotatable bonds is 6. The number of hydrogen-bond acceptors (Lipinski definition) is 5. The minimum absolute atomic E-state index is 0.0980. The number of nitrogens with zero attached hydrogens (tertiary/aromatic N) is 2. The molecule has 0 aliphatic carbocycles. The van der Waals surface area contributed by atoms with E-state index in [-0.39, 0.29) is 18.2 Å². The van der Waals surface area contributed by atoms with Gasteiger partial charge in [-0.25, -0.2) is 4.99 Å². The average Bonchev–Trinajstić information content (AvgIpc) is 2.70. The highest BCUT2D eigenvalue weighted by molar-refractivity contribution is 8.15. The number of anilines is 1. The van der Waals surface area contributed by atoms with E-state index in [1.165, 1.54) is 11.8 Å². The van der Waals surface area contributed by atoms with Crippen molar-refractivity contribution in [1.29, 1.82) is 0 Å². The third kappa shape index (κ3) is 4.92. The average molecular weight is 398 g/mol. The second-order valence-electron chi connectivity index (χ2n) is 6.13. The Morgan fingerprint density at radius 3 is 2.54 bits per heavy atom. The molecule has 2 aromatic carbocycles. The number of aliphatic imine (C=N–C) groups is 1. The Balaban J connectivity index is 1.78. The largest absolute Gasteiger partial charge is 0.494 e. The molecular weight excluding hydrogens is 374 g/mol. The van der Waals surface area contributed by atoms with Crippen LogP contribution < -0.4 is 10.1 Å². The lowest BCUT2D eigenvalue weighted by Crippen LogP contribution is -2.45. The number of amidine groups is 1. The van der Waals surface area contributed by atoms with Gasteiger partial charge in [0.1, 0.15) is 11.0 Å². The fraction of sp³-hybridized carbons (Fsp3) is 0.286. The SMILES string of the molecule is CCOc1ccc(N=C2SC(C(=O)Nc3ccccc3)CC(=O)N2CC)cc1. The van der Waals surface area contributed by atoms with Crippen LogP contribution in [0.15, 0.2) is 59.6 Å². The molecule has 1 aliphatic rings. The second-order valence-corrected chi connectivity index (χ2v) is 7.30. The van der Waals surface area contributed by atoms with Crippen LogP contribution in [-0.2, 0) is 9.59 Å². The third-order valence-electron chi connectivity index (χ3n) is 4.16. The van der Waals surface area contributed by atoms with Crippen LogP contribution in [0.25, 0.3) is 0 Å². The van der Waals surface area contributed by atoms with Crippen molar-refractivity contribution < 1.29 is 14.3 Å². The lowest BCUT2D eigenvalue weighted by molar-refractivity contribution is -0.129. The Morgan fingerprint density at radius 1 is 1.18 bits per heavy atom. The number of nitrogens with one attached hydrogen (secondary N) is 1. The van der Waals surface area contributed by atoms with Gasteiger partial charge in [0.2, 0.25) is 11.8 Å². The summed E-state index contributed by atoms with van der Waals surface area (Å²) in [6.45, 7) is 4.93. The lowest BCUT2D eigenvalue weighted by Gasteiger charge is -2.30. The molecule has 3 rings (SSSR count). The van der Waals surface area contributed by atoms with E-state index in [9.17, 15) is 9.59 Å². The minimum Gasteiger partial charge on any atom is -0.494 e. The first kappa shape index (κ1) is 19.9. The molecule has 2 amide bonds. The molecule has 28 heavy (non-hydrogen) atoms. The van der Waals surface area contributed by atoms with Crippen molar-refractivity contribution in [3.05, 3.63) is 54.6 Å². The predicted octanol–water partition coefficient (Wildman–Crippen LogP) is 4.07. The maximum atomic E-state index is 12.6. The van der Waals surface area contributed by atoms with Gasteiger partial charge >= 0.3 is 0 Å². The molecule has 0 aromatic heterocycles. The molecule has 2 aromatic rings. The van der Waals surface area contributed by atoms with Gasteiger partial charge in [0.25, 0.3) is 0 Å². The van der Waals surface area contributed by atoms with Crippen molar-refractivity contribution >= 4 is 40.1 Å². The van der Waals surface area contributed by atoms with E-state index in [0.29, 0.717) is 29.7 Å². The van der Waals surface area contributed by atoms with Crippen molar-refractivity contribution in [3.8, 4) is 5.75 Å². The van der Waals surface area contributed by atoms with Crippen LogP contribution >= 0.6 is 11.8 Å². The number of amides is 2. The molecule has 1 unspecified atom stereocenters. The first-order valence-electron chi connectivity index (χ1n) is 9.25. The van der Waals surface area contributed by atoms with Gasteiger partial charge in [-0.1, -0.05) is 30.0 Å². The lowest BCUT2D eigenvalue weighted by atomic mass is 10.2. The van der Waals surface area contributed by atoms with E-state index < -0.39 is 5.25 Å². The van der Waals surface area contributed by atoms with Gasteiger partial charge in [0.15, 0.2) is 5.17 Å². The van der Waals surface area contributed by atoms with E-state index in [1.807, 2.05) is 68.4 Å². The summed E-state index contributed by atoms with van der Waals surface area (Å²) in [6, 6.07) is 16.6. The highest BCUT2D eigenvalue weighted by atomic mass is 32.2. The quantitative estimate of drug-likeness (QED) is 0.798. The summed E-state index contributed by atoms with van der Waals surface area (Å²) in [5.41, 5.74) is 1.42. The molecule has 6 nitrogen and oxygen atoms in total. The Kier molecular flexibility index (Phi) is 6.71. The number of para-hydroxylation sites is 1. The normalized spacial score (nSPS) is 18.2. The molecule has 1 heterocycles. The zero-order valence-corrected chi connectivity index (χ0v) is 16.7. The number of carbonyl (C=O) groups excluding carboxylic acids is 2. The number of benzene rings is 2. The van der Waals surface area contributed by atoms with Gasteiger partial charge in [-0.15, -0.1) is 0 Å². The number of hydrogen-bond donors (Lipinski definition) is 1.